The number of anilines is 2. The molecule has 2 aromatic carbocycles. The number of methoxy groups -OCH3 is 1. The number of para-hydroxylation sites is 2. The van der Waals surface area contributed by atoms with E-state index in [-0.39, 0.29) is 0 Å². The average Bonchev–Trinajstić information content (AvgIpc) is 2.90. The first-order valence-corrected chi connectivity index (χ1v) is 6.52. The van der Waals surface area contributed by atoms with Crippen LogP contribution in [0.3, 0.4) is 0 Å². The molecule has 0 saturated heterocycles. The van der Waals surface area contributed by atoms with Crippen LogP contribution in [-0.2, 0) is 0 Å². The first-order valence-electron chi connectivity index (χ1n) is 6.52. The molecule has 20 heavy (non-hydrogen) atoms. The molecule has 3 aromatic rings. The van der Waals surface area contributed by atoms with Gasteiger partial charge < -0.3 is 14.6 Å². The SMILES string of the molecule is COc1ccc(C)cc1N(C)c1nc2ccccc2[nH]1. The highest BCUT2D eigenvalue weighted by atomic mass is 16.5. The normalized spacial score (nSPS) is 10.8. The van der Waals surface area contributed by atoms with E-state index in [0.717, 1.165) is 28.4 Å². The number of fused-ring (bicyclic) bond motifs is 1. The van der Waals surface area contributed by atoms with Crippen LogP contribution in [0.4, 0.5) is 11.6 Å². The largest absolute Gasteiger partial charge is 0.495 e. The molecule has 0 radical (unpaired) electrons. The van der Waals surface area contributed by atoms with Crippen LogP contribution in [0.15, 0.2) is 42.5 Å². The van der Waals surface area contributed by atoms with Crippen LogP contribution >= 0.6 is 0 Å². The van der Waals surface area contributed by atoms with E-state index >= 15 is 0 Å². The first kappa shape index (κ1) is 12.5. The predicted molar refractivity (Wildman–Crippen MR) is 81.9 cm³/mol. The van der Waals surface area contributed by atoms with Gasteiger partial charge in [0.15, 0.2) is 0 Å². The zero-order valence-corrected chi connectivity index (χ0v) is 11.8. The number of aromatic nitrogens is 2. The predicted octanol–water partition coefficient (Wildman–Crippen LogP) is 3.65. The van der Waals surface area contributed by atoms with Gasteiger partial charge in [0.2, 0.25) is 5.95 Å². The molecule has 102 valence electrons. The molecule has 0 aliphatic rings. The van der Waals surface area contributed by atoms with Crippen molar-refractivity contribution in [3.05, 3.63) is 48.0 Å². The summed E-state index contributed by atoms with van der Waals surface area (Å²) in [5.41, 5.74) is 4.16. The number of nitrogens with one attached hydrogen (secondary N) is 1. The number of rotatable bonds is 3. The van der Waals surface area contributed by atoms with Gasteiger partial charge in [0.25, 0.3) is 0 Å². The van der Waals surface area contributed by atoms with Crippen molar-refractivity contribution in [3.8, 4) is 5.75 Å². The Labute approximate surface area is 118 Å². The maximum Gasteiger partial charge on any atom is 0.208 e. The molecule has 0 saturated carbocycles. The Morgan fingerprint density at radius 2 is 1.95 bits per heavy atom. The van der Waals surface area contributed by atoms with Gasteiger partial charge in [-0.3, -0.25) is 0 Å². The average molecular weight is 267 g/mol. The molecule has 4 nitrogen and oxygen atoms in total. The van der Waals surface area contributed by atoms with E-state index < -0.39 is 0 Å². The van der Waals surface area contributed by atoms with Crippen LogP contribution < -0.4 is 9.64 Å². The highest BCUT2D eigenvalue weighted by Crippen LogP contribution is 2.32. The van der Waals surface area contributed by atoms with Crippen LogP contribution in [0, 0.1) is 6.92 Å². The number of aromatic amines is 1. The van der Waals surface area contributed by atoms with Crippen LogP contribution in [0.25, 0.3) is 11.0 Å². The molecule has 4 heteroatoms. The number of ether oxygens (including phenoxy) is 1. The van der Waals surface area contributed by atoms with E-state index in [9.17, 15) is 0 Å². The Morgan fingerprint density at radius 1 is 1.15 bits per heavy atom. The second kappa shape index (κ2) is 4.89. The second-order valence-electron chi connectivity index (χ2n) is 4.81. The highest BCUT2D eigenvalue weighted by Gasteiger charge is 2.13. The van der Waals surface area contributed by atoms with Gasteiger partial charge in [0, 0.05) is 7.05 Å². The van der Waals surface area contributed by atoms with Crippen molar-refractivity contribution in [3.63, 3.8) is 0 Å². The number of hydrogen-bond donors (Lipinski definition) is 1. The van der Waals surface area contributed by atoms with Gasteiger partial charge in [-0.15, -0.1) is 0 Å². The lowest BCUT2D eigenvalue weighted by molar-refractivity contribution is 0.415. The quantitative estimate of drug-likeness (QED) is 0.787. The molecule has 0 unspecified atom stereocenters. The van der Waals surface area contributed by atoms with Crippen LogP contribution in [0.5, 0.6) is 5.75 Å². The molecule has 1 heterocycles. The topological polar surface area (TPSA) is 41.1 Å². The standard InChI is InChI=1S/C16H17N3O/c1-11-8-9-15(20-3)14(10-11)19(2)16-17-12-6-4-5-7-13(12)18-16/h4-10H,1-3H3,(H,17,18). The smallest absolute Gasteiger partial charge is 0.208 e. The summed E-state index contributed by atoms with van der Waals surface area (Å²) in [5.74, 6) is 1.63. The van der Waals surface area contributed by atoms with E-state index in [1.807, 2.05) is 48.3 Å². The van der Waals surface area contributed by atoms with Gasteiger partial charge >= 0.3 is 0 Å². The Morgan fingerprint density at radius 3 is 2.70 bits per heavy atom. The lowest BCUT2D eigenvalue weighted by atomic mass is 10.2. The van der Waals surface area contributed by atoms with Crippen molar-refractivity contribution in [2.75, 3.05) is 19.1 Å². The van der Waals surface area contributed by atoms with Crippen LogP contribution in [0.2, 0.25) is 0 Å². The highest BCUT2D eigenvalue weighted by molar-refractivity contribution is 5.79. The number of nitrogens with zero attached hydrogens (tertiary/aromatic N) is 2. The Kier molecular flexibility index (Phi) is 3.06. The fourth-order valence-corrected chi connectivity index (χ4v) is 2.27. The molecule has 0 aliphatic heterocycles. The van der Waals surface area contributed by atoms with Gasteiger partial charge in [-0.1, -0.05) is 18.2 Å². The number of imidazole rings is 1. The monoisotopic (exact) mass is 267 g/mol. The lowest BCUT2D eigenvalue weighted by Crippen LogP contribution is -2.12. The van der Waals surface area contributed by atoms with E-state index in [0.29, 0.717) is 0 Å². The second-order valence-corrected chi connectivity index (χ2v) is 4.81. The van der Waals surface area contributed by atoms with Crippen LogP contribution in [0.1, 0.15) is 5.56 Å². The molecule has 0 bridgehead atoms. The summed E-state index contributed by atoms with van der Waals surface area (Å²) >= 11 is 0. The maximum absolute atomic E-state index is 5.43. The van der Waals surface area contributed by atoms with E-state index in [4.69, 9.17) is 4.74 Å². The minimum absolute atomic E-state index is 0.801. The van der Waals surface area contributed by atoms with Crippen LogP contribution in [-0.4, -0.2) is 24.1 Å². The summed E-state index contributed by atoms with van der Waals surface area (Å²) in [6, 6.07) is 14.1. The summed E-state index contributed by atoms with van der Waals surface area (Å²) < 4.78 is 5.43. The minimum Gasteiger partial charge on any atom is -0.495 e. The fraction of sp³-hybridized carbons (Fsp3) is 0.188. The Balaban J connectivity index is 2.07. The third-order valence-corrected chi connectivity index (χ3v) is 3.39. The Bertz CT molecular complexity index is 715. The zero-order valence-electron chi connectivity index (χ0n) is 11.8. The number of H-pyrrole nitrogens is 1. The van der Waals surface area contributed by atoms with Crippen molar-refractivity contribution >= 4 is 22.7 Å². The first-order chi connectivity index (χ1) is 9.69. The van der Waals surface area contributed by atoms with Gasteiger partial charge in [0.1, 0.15) is 5.75 Å². The molecular formula is C16H17N3O. The molecule has 0 spiro atoms. The van der Waals surface area contributed by atoms with Crippen molar-refractivity contribution in [2.24, 2.45) is 0 Å². The third-order valence-electron chi connectivity index (χ3n) is 3.39. The van der Waals surface area contributed by atoms with Crippen molar-refractivity contribution in [2.45, 2.75) is 6.92 Å². The summed E-state index contributed by atoms with van der Waals surface area (Å²) in [5, 5.41) is 0. The molecule has 1 N–H and O–H groups in total. The van der Waals surface area contributed by atoms with Crippen molar-refractivity contribution in [1.29, 1.82) is 0 Å². The molecular weight excluding hydrogens is 250 g/mol. The molecule has 1 aromatic heterocycles. The van der Waals surface area contributed by atoms with Gasteiger partial charge in [-0.05, 0) is 36.8 Å². The van der Waals surface area contributed by atoms with Crippen molar-refractivity contribution in [1.82, 2.24) is 9.97 Å². The van der Waals surface area contributed by atoms with E-state index in [2.05, 4.69) is 23.0 Å². The summed E-state index contributed by atoms with van der Waals surface area (Å²) in [4.78, 5) is 9.94. The van der Waals surface area contributed by atoms with Gasteiger partial charge in [0.05, 0.1) is 23.8 Å². The molecule has 0 amide bonds. The van der Waals surface area contributed by atoms with Gasteiger partial charge in [-0.2, -0.15) is 0 Å². The van der Waals surface area contributed by atoms with Crippen molar-refractivity contribution < 1.29 is 4.74 Å². The summed E-state index contributed by atoms with van der Waals surface area (Å²) in [6.07, 6.45) is 0. The Hall–Kier alpha value is -2.49. The molecule has 3 rings (SSSR count). The molecule has 0 aliphatic carbocycles. The lowest BCUT2D eigenvalue weighted by Gasteiger charge is -2.19. The summed E-state index contributed by atoms with van der Waals surface area (Å²) in [7, 11) is 3.66. The minimum atomic E-state index is 0.801. The molecule has 0 atom stereocenters. The van der Waals surface area contributed by atoms with E-state index in [1.54, 1.807) is 7.11 Å². The summed E-state index contributed by atoms with van der Waals surface area (Å²) in [6.45, 7) is 2.06. The zero-order chi connectivity index (χ0) is 14.1. The van der Waals surface area contributed by atoms with E-state index in [1.165, 1.54) is 5.56 Å². The maximum atomic E-state index is 5.43. The third kappa shape index (κ3) is 2.09. The number of aryl methyl sites for hydroxylation is 1. The number of hydrogen-bond acceptors (Lipinski definition) is 3. The van der Waals surface area contributed by atoms with Gasteiger partial charge in [-0.25, -0.2) is 4.98 Å². The number of benzene rings is 2. The molecule has 0 fully saturated rings. The fourth-order valence-electron chi connectivity index (χ4n) is 2.27.